The molecule has 0 unspecified atom stereocenters. The molecule has 2 heterocycles. The van der Waals surface area contributed by atoms with Gasteiger partial charge in [0.25, 0.3) is 5.91 Å². The van der Waals surface area contributed by atoms with Crippen LogP contribution in [-0.4, -0.2) is 77.8 Å². The van der Waals surface area contributed by atoms with Crippen molar-refractivity contribution in [1.29, 1.82) is 0 Å². The van der Waals surface area contributed by atoms with Gasteiger partial charge in [0.15, 0.2) is 28.8 Å². The van der Waals surface area contributed by atoms with Crippen molar-refractivity contribution in [1.82, 2.24) is 4.90 Å². The van der Waals surface area contributed by atoms with Crippen molar-refractivity contribution in [3.05, 3.63) is 46.2 Å². The van der Waals surface area contributed by atoms with Gasteiger partial charge in [-0.1, -0.05) is 0 Å². The molecule has 0 radical (unpaired) electrons. The van der Waals surface area contributed by atoms with Crippen LogP contribution in [0.5, 0.6) is 23.0 Å². The van der Waals surface area contributed by atoms with Gasteiger partial charge in [-0.05, 0) is 35.0 Å². The number of carbonyl (C=O) groups excluding carboxylic acids is 2. The molecule has 4 rings (SSSR count). The largest absolute Gasteiger partial charge is 0.504 e. The van der Waals surface area contributed by atoms with Crippen molar-refractivity contribution >= 4 is 66.5 Å². The maximum atomic E-state index is 12.6. The SMILES string of the molecule is COc1cc2sc(C(=O)CCC(=O)O)cc2cc1OCCCOc1cc2cc(C(=O)N(C)CCC(=O)O)sc2cc1O. The molecule has 0 bridgehead atoms. The Bertz CT molecular complexity index is 1640. The summed E-state index contributed by atoms with van der Waals surface area (Å²) < 4.78 is 18.6. The van der Waals surface area contributed by atoms with Crippen LogP contribution in [0.2, 0.25) is 0 Å². The Kier molecular flexibility index (Phi) is 9.86. The van der Waals surface area contributed by atoms with Gasteiger partial charge in [0.2, 0.25) is 0 Å². The molecule has 2 aromatic carbocycles. The first-order valence-electron chi connectivity index (χ1n) is 12.9. The van der Waals surface area contributed by atoms with Gasteiger partial charge in [0, 0.05) is 48.0 Å². The smallest absolute Gasteiger partial charge is 0.305 e. The van der Waals surface area contributed by atoms with E-state index in [9.17, 15) is 24.3 Å². The number of carboxylic acids is 2. The molecule has 4 aromatic rings. The summed E-state index contributed by atoms with van der Waals surface area (Å²) in [6.07, 6.45) is 0.0368. The Morgan fingerprint density at radius 3 is 2.02 bits per heavy atom. The van der Waals surface area contributed by atoms with Crippen LogP contribution in [0.1, 0.15) is 45.0 Å². The van der Waals surface area contributed by atoms with Crippen LogP contribution < -0.4 is 14.2 Å². The average Bonchev–Trinajstić information content (AvgIpc) is 3.56. The maximum Gasteiger partial charge on any atom is 0.305 e. The molecule has 0 saturated carbocycles. The maximum absolute atomic E-state index is 12.6. The van der Waals surface area contributed by atoms with Gasteiger partial charge in [0.1, 0.15) is 0 Å². The van der Waals surface area contributed by atoms with Crippen molar-refractivity contribution in [3.63, 3.8) is 0 Å². The zero-order valence-corrected chi connectivity index (χ0v) is 24.5. The highest BCUT2D eigenvalue weighted by Crippen LogP contribution is 2.38. The molecule has 0 atom stereocenters. The number of amides is 1. The molecule has 0 aliphatic carbocycles. The van der Waals surface area contributed by atoms with Gasteiger partial charge >= 0.3 is 11.9 Å². The summed E-state index contributed by atoms with van der Waals surface area (Å²) in [5.74, 6) is -1.36. The third-order valence-electron chi connectivity index (χ3n) is 6.26. The van der Waals surface area contributed by atoms with Crippen LogP contribution in [0.3, 0.4) is 0 Å². The summed E-state index contributed by atoms with van der Waals surface area (Å²) in [4.78, 5) is 48.8. The third kappa shape index (κ3) is 7.47. The summed E-state index contributed by atoms with van der Waals surface area (Å²) in [6, 6.07) is 10.1. The molecule has 1 amide bonds. The predicted octanol–water partition coefficient (Wildman–Crippen LogP) is 5.27. The second-order valence-corrected chi connectivity index (χ2v) is 11.5. The van der Waals surface area contributed by atoms with E-state index in [1.807, 2.05) is 0 Å². The van der Waals surface area contributed by atoms with Crippen molar-refractivity contribution in [2.24, 2.45) is 0 Å². The lowest BCUT2D eigenvalue weighted by molar-refractivity contribution is -0.138. The minimum atomic E-state index is -1.02. The van der Waals surface area contributed by atoms with E-state index < -0.39 is 11.9 Å². The molecule has 0 aliphatic heterocycles. The summed E-state index contributed by atoms with van der Waals surface area (Å²) in [6.45, 7) is 0.601. The molecule has 42 heavy (non-hydrogen) atoms. The Morgan fingerprint density at radius 2 is 1.36 bits per heavy atom. The monoisotopic (exact) mass is 615 g/mol. The van der Waals surface area contributed by atoms with Crippen LogP contribution >= 0.6 is 22.7 Å². The molecule has 0 aliphatic rings. The highest BCUT2D eigenvalue weighted by atomic mass is 32.1. The fraction of sp³-hybridized carbons (Fsp3) is 0.310. The van der Waals surface area contributed by atoms with E-state index in [0.717, 1.165) is 10.1 Å². The van der Waals surface area contributed by atoms with E-state index in [-0.39, 0.29) is 62.2 Å². The minimum Gasteiger partial charge on any atom is -0.504 e. The van der Waals surface area contributed by atoms with Gasteiger partial charge < -0.3 is 34.4 Å². The normalized spacial score (nSPS) is 11.0. The molecule has 11 nitrogen and oxygen atoms in total. The number of benzene rings is 2. The molecule has 3 N–H and O–H groups in total. The number of rotatable bonds is 15. The standard InChI is InChI=1S/C29H29NO10S2/c1-30(7-6-28(35)36)29(37)26-13-16-10-20(19(32)14-23(16)42-26)39-8-3-9-40-22-11-17-12-25(18(31)4-5-27(33)34)41-24(17)15-21(22)38-2/h10-15,32H,3-9H2,1-2H3,(H,33,34)(H,35,36). The number of phenolic OH excluding ortho intramolecular Hbond substituents is 1. The molecular formula is C29H29NO10S2. The molecule has 0 saturated heterocycles. The van der Waals surface area contributed by atoms with Crippen molar-refractivity contribution in [2.45, 2.75) is 25.7 Å². The van der Waals surface area contributed by atoms with E-state index in [1.165, 1.54) is 40.7 Å². The van der Waals surface area contributed by atoms with Gasteiger partial charge in [-0.25, -0.2) is 0 Å². The van der Waals surface area contributed by atoms with Crippen molar-refractivity contribution in [2.75, 3.05) is 33.9 Å². The first-order chi connectivity index (χ1) is 20.0. The van der Waals surface area contributed by atoms with Crippen LogP contribution in [0.25, 0.3) is 20.2 Å². The van der Waals surface area contributed by atoms with E-state index in [0.29, 0.717) is 37.8 Å². The molecule has 222 valence electrons. The van der Waals surface area contributed by atoms with E-state index in [1.54, 1.807) is 37.4 Å². The lowest BCUT2D eigenvalue weighted by atomic mass is 10.1. The predicted molar refractivity (Wildman–Crippen MR) is 158 cm³/mol. The Balaban J connectivity index is 1.34. The highest BCUT2D eigenvalue weighted by molar-refractivity contribution is 7.21. The Labute approximate surface area is 248 Å². The molecular weight excluding hydrogens is 586 g/mol. The summed E-state index contributed by atoms with van der Waals surface area (Å²) in [5, 5.41) is 29.6. The average molecular weight is 616 g/mol. The summed E-state index contributed by atoms with van der Waals surface area (Å²) in [7, 11) is 3.06. The van der Waals surface area contributed by atoms with Crippen molar-refractivity contribution < 1.29 is 48.7 Å². The number of carbonyl (C=O) groups is 4. The molecule has 0 spiro atoms. The third-order valence-corrected chi connectivity index (χ3v) is 8.49. The number of ketones is 1. The number of hydrogen-bond acceptors (Lipinski definition) is 10. The van der Waals surface area contributed by atoms with E-state index in [4.69, 9.17) is 24.4 Å². The number of aliphatic carboxylic acids is 2. The highest BCUT2D eigenvalue weighted by Gasteiger charge is 2.18. The minimum absolute atomic E-state index is 0.0667. The number of ether oxygens (including phenoxy) is 3. The molecule has 13 heteroatoms. The number of carboxylic acid groups (broad SMARTS) is 2. The zero-order valence-electron chi connectivity index (χ0n) is 22.9. The van der Waals surface area contributed by atoms with Crippen LogP contribution in [-0.2, 0) is 9.59 Å². The van der Waals surface area contributed by atoms with E-state index >= 15 is 0 Å². The van der Waals surface area contributed by atoms with Crippen LogP contribution in [0, 0.1) is 0 Å². The summed E-state index contributed by atoms with van der Waals surface area (Å²) >= 11 is 2.47. The Hall–Kier alpha value is -4.36. The fourth-order valence-corrected chi connectivity index (χ4v) is 6.17. The second-order valence-electron chi connectivity index (χ2n) is 9.36. The number of hydrogen-bond donors (Lipinski definition) is 3. The number of nitrogens with zero attached hydrogens (tertiary/aromatic N) is 1. The first-order valence-corrected chi connectivity index (χ1v) is 14.5. The lowest BCUT2D eigenvalue weighted by Gasteiger charge is -2.14. The number of fused-ring (bicyclic) bond motifs is 2. The number of thiophene rings is 2. The zero-order chi connectivity index (χ0) is 30.4. The summed E-state index contributed by atoms with van der Waals surface area (Å²) in [5.41, 5.74) is 0. The fourth-order valence-electron chi connectivity index (χ4n) is 4.05. The Morgan fingerprint density at radius 1 is 0.762 bits per heavy atom. The lowest BCUT2D eigenvalue weighted by Crippen LogP contribution is -2.28. The molecule has 2 aromatic heterocycles. The number of methoxy groups -OCH3 is 1. The van der Waals surface area contributed by atoms with Gasteiger partial charge in [0.05, 0.1) is 42.9 Å². The second kappa shape index (κ2) is 13.5. The first kappa shape index (κ1) is 30.6. The van der Waals surface area contributed by atoms with Crippen LogP contribution in [0.15, 0.2) is 36.4 Å². The van der Waals surface area contributed by atoms with E-state index in [2.05, 4.69) is 0 Å². The number of Topliss-reactive ketones (excluding diaryl/α,β-unsaturated/α-hetero) is 1. The van der Waals surface area contributed by atoms with Gasteiger partial charge in [-0.2, -0.15) is 0 Å². The molecule has 0 fully saturated rings. The quantitative estimate of drug-likeness (QED) is 0.119. The topological polar surface area (TPSA) is 160 Å². The van der Waals surface area contributed by atoms with Gasteiger partial charge in [-0.15, -0.1) is 22.7 Å². The van der Waals surface area contributed by atoms with Gasteiger partial charge in [-0.3, -0.25) is 19.2 Å². The van der Waals surface area contributed by atoms with Crippen LogP contribution in [0.4, 0.5) is 0 Å². The van der Waals surface area contributed by atoms with Crippen molar-refractivity contribution in [3.8, 4) is 23.0 Å². The number of phenols is 1. The number of aromatic hydroxyl groups is 1.